The van der Waals surface area contributed by atoms with Gasteiger partial charge in [-0.25, -0.2) is 4.68 Å². The lowest BCUT2D eigenvalue weighted by Gasteiger charge is -2.21. The summed E-state index contributed by atoms with van der Waals surface area (Å²) in [5, 5.41) is 20.1. The summed E-state index contributed by atoms with van der Waals surface area (Å²) >= 11 is 0. The topological polar surface area (TPSA) is 132 Å². The molecule has 2 N–H and O–H groups in total. The van der Waals surface area contributed by atoms with Gasteiger partial charge in [0.05, 0.1) is 17.4 Å². The van der Waals surface area contributed by atoms with E-state index in [4.69, 9.17) is 0 Å². The molecule has 0 unspecified atom stereocenters. The third-order valence-electron chi connectivity index (χ3n) is 3.55. The lowest BCUT2D eigenvalue weighted by atomic mass is 10.0. The molecule has 0 spiro atoms. The average molecular weight is 330 g/mol. The van der Waals surface area contributed by atoms with Crippen LogP contribution in [-0.2, 0) is 16.1 Å². The fourth-order valence-electron chi connectivity index (χ4n) is 2.47. The molecule has 0 saturated heterocycles. The van der Waals surface area contributed by atoms with Gasteiger partial charge in [-0.15, -0.1) is 0 Å². The number of nitrogens with one attached hydrogen (secondary N) is 2. The molecule has 3 rings (SSSR count). The van der Waals surface area contributed by atoms with E-state index in [9.17, 15) is 19.7 Å². The van der Waals surface area contributed by atoms with Gasteiger partial charge in [-0.2, -0.15) is 10.1 Å². The highest BCUT2D eigenvalue weighted by Crippen LogP contribution is 2.21. The number of aryl methyl sites for hydroxylation is 1. The molecular formula is C14H14N6O4. The summed E-state index contributed by atoms with van der Waals surface area (Å²) in [7, 11) is 0. The lowest BCUT2D eigenvalue weighted by Crippen LogP contribution is -2.36. The van der Waals surface area contributed by atoms with Crippen LogP contribution in [0.15, 0.2) is 24.3 Å². The van der Waals surface area contributed by atoms with Crippen LogP contribution in [0.3, 0.4) is 0 Å². The van der Waals surface area contributed by atoms with Gasteiger partial charge in [-0.05, 0) is 13.0 Å². The normalized spacial score (nSPS) is 16.2. The Bertz CT molecular complexity index is 830. The van der Waals surface area contributed by atoms with Crippen LogP contribution in [0.4, 0.5) is 17.3 Å². The summed E-state index contributed by atoms with van der Waals surface area (Å²) < 4.78 is 1.54. The van der Waals surface area contributed by atoms with Gasteiger partial charge in [-0.3, -0.25) is 25.0 Å². The monoisotopic (exact) mass is 330 g/mol. The van der Waals surface area contributed by atoms with E-state index in [2.05, 4.69) is 20.7 Å². The molecule has 2 amide bonds. The quantitative estimate of drug-likeness (QED) is 0.637. The molecule has 0 aliphatic carbocycles. The third kappa shape index (κ3) is 3.21. The molecule has 10 nitrogen and oxygen atoms in total. The van der Waals surface area contributed by atoms with Gasteiger partial charge < -0.3 is 5.32 Å². The standard InChI is InChI=1S/C14H14N6O4/c1-8-15-14-17-13(22)9(7-19(14)18-8)5-12(21)16-10-3-2-4-11(6-10)20(23)24/h2-4,6,9H,5,7H2,1H3,(H,16,21)(H,15,17,18,22)/t9-/m1/s1. The first-order valence-electron chi connectivity index (χ1n) is 7.19. The first-order valence-corrected chi connectivity index (χ1v) is 7.19. The van der Waals surface area contributed by atoms with Crippen LogP contribution in [0, 0.1) is 23.0 Å². The zero-order chi connectivity index (χ0) is 17.3. The Kier molecular flexibility index (Phi) is 3.94. The number of amides is 2. The highest BCUT2D eigenvalue weighted by Gasteiger charge is 2.30. The number of nitrogens with zero attached hydrogens (tertiary/aromatic N) is 4. The molecule has 24 heavy (non-hydrogen) atoms. The summed E-state index contributed by atoms with van der Waals surface area (Å²) in [6.07, 6.45) is -0.0626. The molecule has 124 valence electrons. The van der Waals surface area contributed by atoms with Crippen molar-refractivity contribution in [1.82, 2.24) is 14.8 Å². The van der Waals surface area contributed by atoms with E-state index in [0.29, 0.717) is 17.5 Å². The summed E-state index contributed by atoms with van der Waals surface area (Å²) in [4.78, 5) is 38.4. The molecule has 1 aromatic carbocycles. The predicted octanol–water partition coefficient (Wildman–Crippen LogP) is 1.09. The van der Waals surface area contributed by atoms with E-state index in [1.165, 1.54) is 18.2 Å². The minimum atomic E-state index is -0.586. The molecule has 1 aromatic heterocycles. The Labute approximate surface area is 136 Å². The molecule has 0 bridgehead atoms. The molecule has 0 radical (unpaired) electrons. The Morgan fingerprint density at radius 1 is 1.54 bits per heavy atom. The van der Waals surface area contributed by atoms with Gasteiger partial charge in [0.15, 0.2) is 0 Å². The van der Waals surface area contributed by atoms with E-state index >= 15 is 0 Å². The molecular weight excluding hydrogens is 316 g/mol. The minimum Gasteiger partial charge on any atom is -0.326 e. The number of fused-ring (bicyclic) bond motifs is 1. The Hall–Kier alpha value is -3.30. The van der Waals surface area contributed by atoms with Crippen LogP contribution in [0.1, 0.15) is 12.2 Å². The van der Waals surface area contributed by atoms with Gasteiger partial charge in [-0.1, -0.05) is 6.07 Å². The SMILES string of the molecule is Cc1nc2n(n1)C[C@@H](CC(=O)Nc1cccc([N+](=O)[O-])c1)C(=O)N2. The number of nitro groups is 1. The minimum absolute atomic E-state index is 0.0626. The van der Waals surface area contributed by atoms with Crippen molar-refractivity contribution in [2.45, 2.75) is 19.9 Å². The lowest BCUT2D eigenvalue weighted by molar-refractivity contribution is -0.384. The summed E-state index contributed by atoms with van der Waals surface area (Å²) in [6, 6.07) is 5.62. The van der Waals surface area contributed by atoms with Crippen LogP contribution < -0.4 is 10.6 Å². The number of aromatic nitrogens is 3. The molecule has 10 heteroatoms. The Balaban J connectivity index is 1.66. The molecule has 1 aliphatic rings. The van der Waals surface area contributed by atoms with Gasteiger partial charge in [0.1, 0.15) is 5.82 Å². The number of hydrogen-bond acceptors (Lipinski definition) is 6. The fourth-order valence-corrected chi connectivity index (χ4v) is 2.47. The van der Waals surface area contributed by atoms with E-state index in [1.807, 2.05) is 0 Å². The Morgan fingerprint density at radius 3 is 3.08 bits per heavy atom. The van der Waals surface area contributed by atoms with Gasteiger partial charge in [0, 0.05) is 24.2 Å². The van der Waals surface area contributed by atoms with Crippen molar-refractivity contribution >= 4 is 29.1 Å². The van der Waals surface area contributed by atoms with Crippen molar-refractivity contribution in [2.75, 3.05) is 10.6 Å². The third-order valence-corrected chi connectivity index (χ3v) is 3.55. The van der Waals surface area contributed by atoms with Crippen LogP contribution in [0.2, 0.25) is 0 Å². The zero-order valence-electron chi connectivity index (χ0n) is 12.7. The van der Waals surface area contributed by atoms with Crippen molar-refractivity contribution < 1.29 is 14.5 Å². The zero-order valence-corrected chi connectivity index (χ0v) is 12.7. The number of nitro benzene ring substituents is 1. The first kappa shape index (κ1) is 15.6. The van der Waals surface area contributed by atoms with Crippen molar-refractivity contribution in [1.29, 1.82) is 0 Å². The van der Waals surface area contributed by atoms with Crippen LogP contribution in [0.5, 0.6) is 0 Å². The largest absolute Gasteiger partial charge is 0.326 e. The van der Waals surface area contributed by atoms with Crippen LogP contribution in [0.25, 0.3) is 0 Å². The number of hydrogen-bond donors (Lipinski definition) is 2. The molecule has 0 fully saturated rings. The molecule has 2 heterocycles. The number of carbonyl (C=O) groups is 2. The van der Waals surface area contributed by atoms with Crippen LogP contribution in [-0.4, -0.2) is 31.5 Å². The maximum absolute atomic E-state index is 12.1. The van der Waals surface area contributed by atoms with E-state index in [0.717, 1.165) is 0 Å². The molecule has 1 atom stereocenters. The average Bonchev–Trinajstić information content (AvgIpc) is 2.86. The predicted molar refractivity (Wildman–Crippen MR) is 83.2 cm³/mol. The number of rotatable bonds is 4. The van der Waals surface area contributed by atoms with Crippen molar-refractivity contribution in [3.8, 4) is 0 Å². The highest BCUT2D eigenvalue weighted by atomic mass is 16.6. The van der Waals surface area contributed by atoms with Gasteiger partial charge in [0.2, 0.25) is 17.8 Å². The summed E-state index contributed by atoms with van der Waals surface area (Å²) in [5.74, 6) is -0.392. The second-order valence-electron chi connectivity index (χ2n) is 5.41. The van der Waals surface area contributed by atoms with E-state index < -0.39 is 16.7 Å². The van der Waals surface area contributed by atoms with Gasteiger partial charge in [0.25, 0.3) is 5.69 Å². The highest BCUT2D eigenvalue weighted by molar-refractivity contribution is 5.98. The smallest absolute Gasteiger partial charge is 0.271 e. The molecule has 1 aliphatic heterocycles. The van der Waals surface area contributed by atoms with Crippen molar-refractivity contribution in [2.24, 2.45) is 5.92 Å². The van der Waals surface area contributed by atoms with Gasteiger partial charge >= 0.3 is 0 Å². The van der Waals surface area contributed by atoms with E-state index in [1.54, 1.807) is 17.7 Å². The first-order chi connectivity index (χ1) is 11.4. The number of carbonyl (C=O) groups excluding carboxylic acids is 2. The van der Waals surface area contributed by atoms with Crippen molar-refractivity contribution in [3.63, 3.8) is 0 Å². The second kappa shape index (κ2) is 6.07. The summed E-state index contributed by atoms with van der Waals surface area (Å²) in [6.45, 7) is 1.96. The van der Waals surface area contributed by atoms with Crippen LogP contribution >= 0.6 is 0 Å². The summed E-state index contributed by atoms with van der Waals surface area (Å²) in [5.41, 5.74) is 0.189. The number of anilines is 2. The maximum atomic E-state index is 12.1. The van der Waals surface area contributed by atoms with E-state index in [-0.39, 0.29) is 24.6 Å². The number of benzene rings is 1. The molecule has 0 saturated carbocycles. The van der Waals surface area contributed by atoms with Crippen molar-refractivity contribution in [3.05, 3.63) is 40.2 Å². The second-order valence-corrected chi connectivity index (χ2v) is 5.41. The maximum Gasteiger partial charge on any atom is 0.271 e. The fraction of sp³-hybridized carbons (Fsp3) is 0.286. The Morgan fingerprint density at radius 2 is 2.33 bits per heavy atom. The number of non-ortho nitro benzene ring substituents is 1. The molecule has 2 aromatic rings.